The Balaban J connectivity index is 1.54. The number of carboxylic acids is 1. The largest absolute Gasteiger partial charge is 0.481 e. The summed E-state index contributed by atoms with van der Waals surface area (Å²) in [5.74, 6) is -1.89. The number of nitrogens with zero attached hydrogens (tertiary/aromatic N) is 1. The number of H-pyrrole nitrogens is 1. The van der Waals surface area contributed by atoms with Gasteiger partial charge in [-0.2, -0.15) is 13.2 Å². The number of carboxylic acid groups (broad SMARTS) is 1. The standard InChI is InChI=1S/C24H19F3N2O7/c25-24(26,27)18-4-2-1-3-16(18)19-9-13-5-6-14(10-17(13)22(33)28-19)29-11-15(36-23(29)34)12-35-21(32)8-7-20(30)31/h1-6,9-10,15H,7-8,11-12H2,(H,28,33)(H,30,31)/t15-/m0/s1. The Kier molecular flexibility index (Phi) is 6.69. The third-order valence-electron chi connectivity index (χ3n) is 5.51. The first kappa shape index (κ1) is 24.8. The van der Waals surface area contributed by atoms with E-state index in [4.69, 9.17) is 14.6 Å². The summed E-state index contributed by atoms with van der Waals surface area (Å²) in [6.45, 7) is -0.262. The van der Waals surface area contributed by atoms with Crippen molar-refractivity contribution in [2.24, 2.45) is 0 Å². The van der Waals surface area contributed by atoms with Gasteiger partial charge in [-0.1, -0.05) is 24.3 Å². The second-order valence-corrected chi connectivity index (χ2v) is 8.02. The van der Waals surface area contributed by atoms with Crippen LogP contribution in [-0.4, -0.2) is 47.4 Å². The number of cyclic esters (lactones) is 1. The highest BCUT2D eigenvalue weighted by Gasteiger charge is 2.35. The van der Waals surface area contributed by atoms with Crippen LogP contribution >= 0.6 is 0 Å². The summed E-state index contributed by atoms with van der Waals surface area (Å²) in [4.78, 5) is 50.9. The first-order valence-corrected chi connectivity index (χ1v) is 10.7. The zero-order valence-corrected chi connectivity index (χ0v) is 18.5. The van der Waals surface area contributed by atoms with E-state index in [1.54, 1.807) is 0 Å². The van der Waals surface area contributed by atoms with Crippen LogP contribution in [0.15, 0.2) is 53.3 Å². The van der Waals surface area contributed by atoms with Gasteiger partial charge < -0.3 is 19.6 Å². The van der Waals surface area contributed by atoms with Gasteiger partial charge in [-0.05, 0) is 29.7 Å². The Morgan fingerprint density at radius 2 is 1.86 bits per heavy atom. The van der Waals surface area contributed by atoms with E-state index >= 15 is 0 Å². The van der Waals surface area contributed by atoms with Crippen LogP contribution in [0.2, 0.25) is 0 Å². The smallest absolute Gasteiger partial charge is 0.417 e. The van der Waals surface area contributed by atoms with Gasteiger partial charge in [0, 0.05) is 22.3 Å². The molecular formula is C24H19F3N2O7. The van der Waals surface area contributed by atoms with Crippen LogP contribution in [0.25, 0.3) is 22.0 Å². The number of hydrogen-bond donors (Lipinski definition) is 2. The number of ether oxygens (including phenoxy) is 2. The molecule has 12 heteroatoms. The molecule has 0 bridgehead atoms. The highest BCUT2D eigenvalue weighted by atomic mass is 19.4. The molecule has 0 radical (unpaired) electrons. The van der Waals surface area contributed by atoms with Crippen molar-refractivity contribution in [3.63, 3.8) is 0 Å². The molecule has 188 valence electrons. The first-order chi connectivity index (χ1) is 17.0. The average Bonchev–Trinajstić information content (AvgIpc) is 3.21. The monoisotopic (exact) mass is 504 g/mol. The van der Waals surface area contributed by atoms with E-state index in [1.807, 2.05) is 0 Å². The summed E-state index contributed by atoms with van der Waals surface area (Å²) < 4.78 is 50.4. The third-order valence-corrected chi connectivity index (χ3v) is 5.51. The van der Waals surface area contributed by atoms with Gasteiger partial charge in [0.25, 0.3) is 5.56 Å². The SMILES string of the molecule is O=C(O)CCC(=O)OC[C@@H]1CN(c2ccc3cc(-c4ccccc4C(F)(F)F)[nH]c(=O)c3c2)C(=O)O1. The molecule has 9 nitrogen and oxygen atoms in total. The van der Waals surface area contributed by atoms with E-state index in [0.29, 0.717) is 11.1 Å². The number of benzene rings is 2. The second kappa shape index (κ2) is 9.72. The highest BCUT2D eigenvalue weighted by Crippen LogP contribution is 2.36. The maximum Gasteiger partial charge on any atom is 0.417 e. The number of carbonyl (C=O) groups is 3. The molecule has 1 aliphatic heterocycles. The van der Waals surface area contributed by atoms with Gasteiger partial charge in [0.2, 0.25) is 0 Å². The molecule has 0 aliphatic carbocycles. The van der Waals surface area contributed by atoms with Gasteiger partial charge >= 0.3 is 24.2 Å². The zero-order valence-electron chi connectivity index (χ0n) is 18.5. The van der Waals surface area contributed by atoms with Crippen LogP contribution in [0.5, 0.6) is 0 Å². The molecule has 1 saturated heterocycles. The number of rotatable bonds is 7. The van der Waals surface area contributed by atoms with Gasteiger partial charge in [0.15, 0.2) is 6.10 Å². The fourth-order valence-electron chi connectivity index (χ4n) is 3.81. The Morgan fingerprint density at radius 3 is 2.58 bits per heavy atom. The van der Waals surface area contributed by atoms with Crippen molar-refractivity contribution < 1.29 is 42.1 Å². The molecule has 1 atom stereocenters. The number of alkyl halides is 3. The van der Waals surface area contributed by atoms with Gasteiger partial charge in [-0.25, -0.2) is 4.79 Å². The molecule has 1 aromatic heterocycles. The molecule has 4 rings (SSSR count). The van der Waals surface area contributed by atoms with Gasteiger partial charge in [-0.15, -0.1) is 0 Å². The Labute approximate surface area is 201 Å². The molecule has 1 amide bonds. The summed E-state index contributed by atoms with van der Waals surface area (Å²) in [5.41, 5.74) is -1.39. The molecule has 36 heavy (non-hydrogen) atoms. The summed E-state index contributed by atoms with van der Waals surface area (Å²) in [5, 5.41) is 9.11. The van der Waals surface area contributed by atoms with Crippen molar-refractivity contribution in [3.05, 3.63) is 64.4 Å². The predicted octanol–water partition coefficient (Wildman–Crippen LogP) is 3.95. The van der Waals surface area contributed by atoms with Crippen molar-refractivity contribution in [1.82, 2.24) is 4.98 Å². The van der Waals surface area contributed by atoms with Crippen molar-refractivity contribution in [3.8, 4) is 11.3 Å². The lowest BCUT2D eigenvalue weighted by Crippen LogP contribution is -2.26. The van der Waals surface area contributed by atoms with Crippen LogP contribution in [0.3, 0.4) is 0 Å². The molecule has 0 saturated carbocycles. The zero-order chi connectivity index (χ0) is 26.0. The number of anilines is 1. The second-order valence-electron chi connectivity index (χ2n) is 8.02. The van der Waals surface area contributed by atoms with Crippen LogP contribution < -0.4 is 10.5 Å². The predicted molar refractivity (Wildman–Crippen MR) is 120 cm³/mol. The highest BCUT2D eigenvalue weighted by molar-refractivity contribution is 5.95. The number of amides is 1. The lowest BCUT2D eigenvalue weighted by Gasteiger charge is -2.15. The van der Waals surface area contributed by atoms with E-state index in [9.17, 15) is 32.3 Å². The average molecular weight is 504 g/mol. The van der Waals surface area contributed by atoms with Gasteiger partial charge in [0.1, 0.15) is 6.61 Å². The molecule has 2 N–H and O–H groups in total. The Hall–Kier alpha value is -4.35. The molecule has 2 heterocycles. The fraction of sp³-hybridized carbons (Fsp3) is 0.250. The molecule has 0 spiro atoms. The number of aromatic nitrogens is 1. The normalized spacial score (nSPS) is 15.7. The summed E-state index contributed by atoms with van der Waals surface area (Å²) in [7, 11) is 0. The number of aromatic amines is 1. The fourth-order valence-corrected chi connectivity index (χ4v) is 3.81. The molecule has 0 unspecified atom stereocenters. The van der Waals surface area contributed by atoms with Crippen LogP contribution in [0.1, 0.15) is 18.4 Å². The minimum absolute atomic E-state index is 0.00136. The molecule has 2 aromatic carbocycles. The van der Waals surface area contributed by atoms with Crippen molar-refractivity contribution in [2.45, 2.75) is 25.1 Å². The lowest BCUT2D eigenvalue weighted by atomic mass is 10.0. The molecule has 3 aromatic rings. The van der Waals surface area contributed by atoms with E-state index in [2.05, 4.69) is 4.98 Å². The van der Waals surface area contributed by atoms with Crippen molar-refractivity contribution in [2.75, 3.05) is 18.1 Å². The third kappa shape index (κ3) is 5.32. The first-order valence-electron chi connectivity index (χ1n) is 10.7. The maximum absolute atomic E-state index is 13.4. The summed E-state index contributed by atoms with van der Waals surface area (Å²) in [6, 6.07) is 10.8. The Bertz CT molecular complexity index is 1400. The minimum atomic E-state index is -4.61. The topological polar surface area (TPSA) is 126 Å². The number of aliphatic carboxylic acids is 1. The van der Waals surface area contributed by atoms with Gasteiger partial charge in [-0.3, -0.25) is 19.3 Å². The minimum Gasteiger partial charge on any atom is -0.481 e. The van der Waals surface area contributed by atoms with E-state index in [1.165, 1.54) is 47.4 Å². The van der Waals surface area contributed by atoms with E-state index < -0.39 is 41.4 Å². The molecule has 1 fully saturated rings. The Morgan fingerprint density at radius 1 is 1.11 bits per heavy atom. The molecule has 1 aliphatic rings. The number of fused-ring (bicyclic) bond motifs is 1. The summed E-state index contributed by atoms with van der Waals surface area (Å²) >= 11 is 0. The van der Waals surface area contributed by atoms with E-state index in [0.717, 1.165) is 6.07 Å². The lowest BCUT2D eigenvalue weighted by molar-refractivity contribution is -0.149. The quantitative estimate of drug-likeness (QED) is 0.467. The van der Waals surface area contributed by atoms with Crippen molar-refractivity contribution >= 4 is 34.5 Å². The number of carbonyl (C=O) groups excluding carboxylic acids is 2. The maximum atomic E-state index is 13.4. The van der Waals surface area contributed by atoms with E-state index in [-0.39, 0.29) is 42.6 Å². The van der Waals surface area contributed by atoms with Crippen molar-refractivity contribution in [1.29, 1.82) is 0 Å². The van der Waals surface area contributed by atoms with Crippen LogP contribution in [0.4, 0.5) is 23.7 Å². The summed E-state index contributed by atoms with van der Waals surface area (Å²) in [6.07, 6.45) is -6.86. The van der Waals surface area contributed by atoms with Crippen LogP contribution in [-0.2, 0) is 25.2 Å². The van der Waals surface area contributed by atoms with Crippen LogP contribution in [0, 0.1) is 0 Å². The van der Waals surface area contributed by atoms with Gasteiger partial charge in [0.05, 0.1) is 24.9 Å². The number of pyridine rings is 1. The number of hydrogen-bond acceptors (Lipinski definition) is 6. The molecular weight excluding hydrogens is 485 g/mol. The number of nitrogens with one attached hydrogen (secondary N) is 1. The number of esters is 1. The number of halogens is 3.